The number of unbranched alkanes of at least 4 members (excludes halogenated alkanes) is 1. The standard InChI is InChI=1S/C26H30N4O5S/c1-2-3-11-30-22-9-8-20(36-16-10-18-4-6-19(7-5-18)25(32)33)17-21(22)23(24(30)31)27-28-26(34)29-12-14-35-15-13-29/h4-9,17H,2-3,10-16H2,1H3,(H,28,34)(H,32,33)/b27-23-. The summed E-state index contributed by atoms with van der Waals surface area (Å²) in [4.78, 5) is 41.1. The summed E-state index contributed by atoms with van der Waals surface area (Å²) < 4.78 is 5.29. The molecule has 2 aromatic carbocycles. The van der Waals surface area contributed by atoms with Gasteiger partial charge in [0.15, 0.2) is 5.71 Å². The van der Waals surface area contributed by atoms with E-state index in [4.69, 9.17) is 9.84 Å². The number of hydrazone groups is 1. The summed E-state index contributed by atoms with van der Waals surface area (Å²) >= 11 is 1.65. The number of thioether (sulfide) groups is 1. The Balaban J connectivity index is 1.47. The van der Waals surface area contributed by atoms with Crippen molar-refractivity contribution in [2.75, 3.05) is 43.5 Å². The van der Waals surface area contributed by atoms with E-state index in [1.807, 2.05) is 30.3 Å². The monoisotopic (exact) mass is 510 g/mol. The van der Waals surface area contributed by atoms with Gasteiger partial charge >= 0.3 is 12.0 Å². The molecule has 2 N–H and O–H groups in total. The van der Waals surface area contributed by atoms with Crippen LogP contribution in [0.3, 0.4) is 0 Å². The zero-order valence-corrected chi connectivity index (χ0v) is 21.1. The van der Waals surface area contributed by atoms with E-state index in [1.165, 1.54) is 0 Å². The second-order valence-corrected chi connectivity index (χ2v) is 9.73. The number of aryl methyl sites for hydroxylation is 1. The molecule has 3 amide bonds. The van der Waals surface area contributed by atoms with Gasteiger partial charge in [0.1, 0.15) is 0 Å². The highest BCUT2D eigenvalue weighted by Gasteiger charge is 2.34. The first kappa shape index (κ1) is 25.7. The van der Waals surface area contributed by atoms with E-state index < -0.39 is 5.97 Å². The normalized spacial score (nSPS) is 16.4. The Morgan fingerprint density at radius 1 is 1.14 bits per heavy atom. The maximum atomic E-state index is 13.2. The van der Waals surface area contributed by atoms with Gasteiger partial charge in [0, 0.05) is 35.8 Å². The summed E-state index contributed by atoms with van der Waals surface area (Å²) in [7, 11) is 0. The largest absolute Gasteiger partial charge is 0.478 e. The first-order chi connectivity index (χ1) is 17.5. The number of carbonyl (C=O) groups excluding carboxylic acids is 2. The van der Waals surface area contributed by atoms with Crippen molar-refractivity contribution in [2.24, 2.45) is 5.10 Å². The molecule has 0 aliphatic carbocycles. The van der Waals surface area contributed by atoms with Gasteiger partial charge in [-0.15, -0.1) is 11.8 Å². The number of carboxylic acids is 1. The van der Waals surface area contributed by atoms with E-state index >= 15 is 0 Å². The summed E-state index contributed by atoms with van der Waals surface area (Å²) in [6.45, 7) is 4.63. The van der Waals surface area contributed by atoms with E-state index in [0.29, 0.717) is 38.4 Å². The fourth-order valence-electron chi connectivity index (χ4n) is 4.07. The minimum atomic E-state index is -0.935. The second kappa shape index (κ2) is 12.0. The molecule has 4 rings (SSSR count). The number of rotatable bonds is 9. The topological polar surface area (TPSA) is 112 Å². The molecule has 0 unspecified atom stereocenters. The number of anilines is 1. The lowest BCUT2D eigenvalue weighted by atomic mass is 10.1. The van der Waals surface area contributed by atoms with Crippen LogP contribution in [0.5, 0.6) is 0 Å². The Morgan fingerprint density at radius 3 is 2.58 bits per heavy atom. The number of ether oxygens (including phenoxy) is 1. The van der Waals surface area contributed by atoms with Crippen LogP contribution in [-0.2, 0) is 16.0 Å². The number of urea groups is 1. The molecule has 2 heterocycles. The molecule has 36 heavy (non-hydrogen) atoms. The SMILES string of the molecule is CCCCN1C(=O)/C(=N\NC(=O)N2CCOCC2)c2cc(SCCc3ccc(C(=O)O)cc3)ccc21. The number of carbonyl (C=O) groups is 3. The maximum absolute atomic E-state index is 13.2. The Morgan fingerprint density at radius 2 is 1.89 bits per heavy atom. The molecule has 0 radical (unpaired) electrons. The van der Waals surface area contributed by atoms with Gasteiger partial charge in [-0.05, 0) is 48.7 Å². The van der Waals surface area contributed by atoms with Crippen molar-refractivity contribution in [3.05, 3.63) is 59.2 Å². The van der Waals surface area contributed by atoms with Gasteiger partial charge in [-0.2, -0.15) is 5.10 Å². The predicted octanol–water partition coefficient (Wildman–Crippen LogP) is 3.61. The third-order valence-electron chi connectivity index (χ3n) is 6.12. The van der Waals surface area contributed by atoms with Crippen LogP contribution in [-0.4, -0.2) is 72.2 Å². The fourth-order valence-corrected chi connectivity index (χ4v) is 5.01. The molecule has 0 aromatic heterocycles. The summed E-state index contributed by atoms with van der Waals surface area (Å²) in [6, 6.07) is 12.4. The molecule has 1 fully saturated rings. The van der Waals surface area contributed by atoms with Gasteiger partial charge in [-0.25, -0.2) is 15.0 Å². The Labute approximate surface area is 214 Å². The molecule has 2 aliphatic rings. The van der Waals surface area contributed by atoms with Crippen LogP contribution in [0.2, 0.25) is 0 Å². The zero-order valence-electron chi connectivity index (χ0n) is 20.2. The third-order valence-corrected chi connectivity index (χ3v) is 7.11. The third kappa shape index (κ3) is 6.06. The molecule has 0 atom stereocenters. The predicted molar refractivity (Wildman–Crippen MR) is 139 cm³/mol. The Bertz CT molecular complexity index is 1150. The van der Waals surface area contributed by atoms with E-state index in [2.05, 4.69) is 17.5 Å². The number of morpholine rings is 1. The molecule has 2 aromatic rings. The molecule has 190 valence electrons. The van der Waals surface area contributed by atoms with E-state index in [-0.39, 0.29) is 23.2 Å². The van der Waals surface area contributed by atoms with Crippen molar-refractivity contribution in [1.82, 2.24) is 10.3 Å². The molecule has 1 saturated heterocycles. The van der Waals surface area contributed by atoms with Gasteiger partial charge in [-0.1, -0.05) is 25.5 Å². The highest BCUT2D eigenvalue weighted by atomic mass is 32.2. The minimum Gasteiger partial charge on any atom is -0.478 e. The lowest BCUT2D eigenvalue weighted by Gasteiger charge is -2.25. The number of aromatic carboxylic acids is 1. The average molecular weight is 511 g/mol. The number of nitrogens with one attached hydrogen (secondary N) is 1. The highest BCUT2D eigenvalue weighted by molar-refractivity contribution is 7.99. The molecule has 2 aliphatic heterocycles. The zero-order chi connectivity index (χ0) is 25.5. The molecular weight excluding hydrogens is 480 g/mol. The number of fused-ring (bicyclic) bond motifs is 1. The van der Waals surface area contributed by atoms with E-state index in [1.54, 1.807) is 33.7 Å². The number of hydrogen-bond donors (Lipinski definition) is 2. The van der Waals surface area contributed by atoms with Crippen molar-refractivity contribution in [2.45, 2.75) is 31.1 Å². The molecular formula is C26H30N4O5S. The van der Waals surface area contributed by atoms with Crippen molar-refractivity contribution in [3.63, 3.8) is 0 Å². The lowest BCUT2D eigenvalue weighted by Crippen LogP contribution is -2.45. The fraction of sp³-hybridized carbons (Fsp3) is 0.385. The molecule has 0 bridgehead atoms. The van der Waals surface area contributed by atoms with Crippen LogP contribution in [0, 0.1) is 0 Å². The lowest BCUT2D eigenvalue weighted by molar-refractivity contribution is -0.112. The van der Waals surface area contributed by atoms with Crippen LogP contribution in [0.15, 0.2) is 52.5 Å². The second-order valence-electron chi connectivity index (χ2n) is 8.57. The van der Waals surface area contributed by atoms with E-state index in [9.17, 15) is 14.4 Å². The van der Waals surface area contributed by atoms with Gasteiger partial charge in [-0.3, -0.25) is 4.79 Å². The number of nitrogens with zero attached hydrogens (tertiary/aromatic N) is 3. The quantitative estimate of drug-likeness (QED) is 0.394. The summed E-state index contributed by atoms with van der Waals surface area (Å²) in [5.41, 5.74) is 5.66. The number of amides is 3. The highest BCUT2D eigenvalue weighted by Crippen LogP contribution is 2.33. The number of carboxylic acid groups (broad SMARTS) is 1. The number of benzene rings is 2. The van der Waals surface area contributed by atoms with Crippen LogP contribution in [0.25, 0.3) is 0 Å². The molecule has 0 spiro atoms. The van der Waals surface area contributed by atoms with Crippen LogP contribution < -0.4 is 10.3 Å². The first-order valence-corrected chi connectivity index (χ1v) is 13.1. The maximum Gasteiger partial charge on any atom is 0.337 e. The van der Waals surface area contributed by atoms with Crippen molar-refractivity contribution in [1.29, 1.82) is 0 Å². The minimum absolute atomic E-state index is 0.207. The Kier molecular flexibility index (Phi) is 8.61. The van der Waals surface area contributed by atoms with Crippen LogP contribution >= 0.6 is 11.8 Å². The van der Waals surface area contributed by atoms with E-state index in [0.717, 1.165) is 41.2 Å². The van der Waals surface area contributed by atoms with Crippen molar-refractivity contribution >= 4 is 41.1 Å². The van der Waals surface area contributed by atoms with Gasteiger partial charge in [0.25, 0.3) is 5.91 Å². The first-order valence-electron chi connectivity index (χ1n) is 12.1. The summed E-state index contributed by atoms with van der Waals surface area (Å²) in [5, 5.41) is 13.3. The van der Waals surface area contributed by atoms with Gasteiger partial charge in [0.05, 0.1) is 24.5 Å². The van der Waals surface area contributed by atoms with Crippen LogP contribution in [0.1, 0.15) is 41.3 Å². The van der Waals surface area contributed by atoms with Crippen molar-refractivity contribution < 1.29 is 24.2 Å². The Hall–Kier alpha value is -3.37. The average Bonchev–Trinajstić information content (AvgIpc) is 3.16. The van der Waals surface area contributed by atoms with Gasteiger partial charge in [0.2, 0.25) is 0 Å². The molecule has 0 saturated carbocycles. The smallest absolute Gasteiger partial charge is 0.337 e. The number of hydrogen-bond acceptors (Lipinski definition) is 6. The van der Waals surface area contributed by atoms with Gasteiger partial charge < -0.3 is 19.6 Å². The van der Waals surface area contributed by atoms with Crippen LogP contribution in [0.4, 0.5) is 10.5 Å². The molecule has 9 nitrogen and oxygen atoms in total. The summed E-state index contributed by atoms with van der Waals surface area (Å²) in [5.74, 6) is -0.351. The molecule has 10 heteroatoms. The van der Waals surface area contributed by atoms with Crippen molar-refractivity contribution in [3.8, 4) is 0 Å². The summed E-state index contributed by atoms with van der Waals surface area (Å²) in [6.07, 6.45) is 2.61.